The fraction of sp³-hybridized carbons (Fsp3) is 0.750. The average molecular weight is 224 g/mol. The van der Waals surface area contributed by atoms with Crippen LogP contribution in [0.3, 0.4) is 0 Å². The third kappa shape index (κ3) is 5.15. The average Bonchev–Trinajstić information content (AvgIpc) is 2.34. The number of amides is 1. The van der Waals surface area contributed by atoms with Gasteiger partial charge in [0.05, 0.1) is 13.2 Å². The monoisotopic (exact) mass is 224 g/mol. The van der Waals surface area contributed by atoms with Crippen molar-refractivity contribution in [2.75, 3.05) is 39.4 Å². The molecule has 0 bridgehead atoms. The number of rotatable bonds is 6. The zero-order valence-corrected chi connectivity index (χ0v) is 9.71. The van der Waals surface area contributed by atoms with Crippen LogP contribution in [0.25, 0.3) is 0 Å². The van der Waals surface area contributed by atoms with E-state index in [9.17, 15) is 4.79 Å². The molecule has 1 saturated heterocycles. The zero-order valence-electron chi connectivity index (χ0n) is 9.71. The maximum Gasteiger partial charge on any atom is 0.224 e. The predicted molar refractivity (Wildman–Crippen MR) is 63.0 cm³/mol. The fourth-order valence-corrected chi connectivity index (χ4v) is 1.61. The molecule has 0 unspecified atom stereocenters. The van der Waals surface area contributed by atoms with Crippen molar-refractivity contribution < 1.29 is 9.53 Å². The van der Waals surface area contributed by atoms with Crippen LogP contribution < -0.4 is 5.32 Å². The Labute approximate surface area is 97.3 Å². The van der Waals surface area contributed by atoms with Gasteiger partial charge < -0.3 is 15.0 Å². The van der Waals surface area contributed by atoms with Gasteiger partial charge in [-0.15, -0.1) is 12.3 Å². The van der Waals surface area contributed by atoms with Crippen LogP contribution in [0.15, 0.2) is 0 Å². The van der Waals surface area contributed by atoms with Gasteiger partial charge in [-0.3, -0.25) is 4.79 Å². The van der Waals surface area contributed by atoms with Gasteiger partial charge in [-0.05, 0) is 13.0 Å². The summed E-state index contributed by atoms with van der Waals surface area (Å²) >= 11 is 0. The van der Waals surface area contributed by atoms with E-state index in [1.165, 1.54) is 0 Å². The lowest BCUT2D eigenvalue weighted by Gasteiger charge is -2.26. The van der Waals surface area contributed by atoms with Gasteiger partial charge in [0.15, 0.2) is 0 Å². The third-order valence-electron chi connectivity index (χ3n) is 2.55. The molecule has 1 amide bonds. The second-order valence-electron chi connectivity index (χ2n) is 3.80. The SMILES string of the molecule is C#CCCCNCCC(=O)N1CCOCC1. The van der Waals surface area contributed by atoms with Gasteiger partial charge in [0.1, 0.15) is 0 Å². The van der Waals surface area contributed by atoms with Gasteiger partial charge in [-0.2, -0.15) is 0 Å². The van der Waals surface area contributed by atoms with E-state index < -0.39 is 0 Å². The first kappa shape index (κ1) is 13.0. The number of morpholine rings is 1. The summed E-state index contributed by atoms with van der Waals surface area (Å²) in [6, 6.07) is 0. The molecule has 1 rings (SSSR count). The van der Waals surface area contributed by atoms with Crippen LogP contribution in [0.5, 0.6) is 0 Å². The Morgan fingerprint density at radius 1 is 1.38 bits per heavy atom. The molecule has 90 valence electrons. The Bertz CT molecular complexity index is 242. The van der Waals surface area contributed by atoms with E-state index in [1.807, 2.05) is 4.90 Å². The molecule has 0 aliphatic carbocycles. The standard InChI is InChI=1S/C12H20N2O2/c1-2-3-4-6-13-7-5-12(15)14-8-10-16-11-9-14/h1,13H,3-11H2. The molecule has 1 N–H and O–H groups in total. The molecule has 1 aliphatic heterocycles. The maximum absolute atomic E-state index is 11.7. The van der Waals surface area contributed by atoms with E-state index in [4.69, 9.17) is 11.2 Å². The van der Waals surface area contributed by atoms with Crippen LogP contribution in [0.4, 0.5) is 0 Å². The van der Waals surface area contributed by atoms with E-state index in [-0.39, 0.29) is 5.91 Å². The van der Waals surface area contributed by atoms with Crippen molar-refractivity contribution in [1.82, 2.24) is 10.2 Å². The minimum atomic E-state index is 0.216. The number of hydrogen-bond donors (Lipinski definition) is 1. The smallest absolute Gasteiger partial charge is 0.224 e. The van der Waals surface area contributed by atoms with Crippen molar-refractivity contribution in [2.45, 2.75) is 19.3 Å². The molecule has 0 atom stereocenters. The summed E-state index contributed by atoms with van der Waals surface area (Å²) in [7, 11) is 0. The van der Waals surface area contributed by atoms with Crippen LogP contribution in [0, 0.1) is 12.3 Å². The summed E-state index contributed by atoms with van der Waals surface area (Å²) in [6.07, 6.45) is 7.47. The molecule has 1 fully saturated rings. The van der Waals surface area contributed by atoms with Crippen molar-refractivity contribution in [3.05, 3.63) is 0 Å². The first-order chi connectivity index (χ1) is 7.84. The maximum atomic E-state index is 11.7. The van der Waals surface area contributed by atoms with Crippen LogP contribution >= 0.6 is 0 Å². The molecule has 4 nitrogen and oxygen atoms in total. The molecule has 0 aromatic carbocycles. The van der Waals surface area contributed by atoms with Gasteiger partial charge in [-0.25, -0.2) is 0 Å². The Morgan fingerprint density at radius 2 is 2.12 bits per heavy atom. The number of carbonyl (C=O) groups excluding carboxylic acids is 1. The van der Waals surface area contributed by atoms with E-state index in [0.29, 0.717) is 19.6 Å². The summed E-state index contributed by atoms with van der Waals surface area (Å²) in [5.41, 5.74) is 0. The second-order valence-corrected chi connectivity index (χ2v) is 3.80. The highest BCUT2D eigenvalue weighted by Crippen LogP contribution is 1.99. The highest BCUT2D eigenvalue weighted by molar-refractivity contribution is 5.76. The number of nitrogens with one attached hydrogen (secondary N) is 1. The number of nitrogens with zero attached hydrogens (tertiary/aromatic N) is 1. The van der Waals surface area contributed by atoms with Crippen molar-refractivity contribution in [2.24, 2.45) is 0 Å². The van der Waals surface area contributed by atoms with Crippen molar-refractivity contribution in [1.29, 1.82) is 0 Å². The lowest BCUT2D eigenvalue weighted by atomic mass is 10.3. The Morgan fingerprint density at radius 3 is 2.81 bits per heavy atom. The molecule has 1 aliphatic rings. The van der Waals surface area contributed by atoms with Crippen molar-refractivity contribution in [3.8, 4) is 12.3 Å². The van der Waals surface area contributed by atoms with E-state index in [0.717, 1.165) is 39.0 Å². The van der Waals surface area contributed by atoms with E-state index in [1.54, 1.807) is 0 Å². The van der Waals surface area contributed by atoms with Crippen molar-refractivity contribution >= 4 is 5.91 Å². The largest absolute Gasteiger partial charge is 0.378 e. The molecular weight excluding hydrogens is 204 g/mol. The minimum Gasteiger partial charge on any atom is -0.378 e. The van der Waals surface area contributed by atoms with Crippen LogP contribution in [-0.2, 0) is 9.53 Å². The molecule has 16 heavy (non-hydrogen) atoms. The summed E-state index contributed by atoms with van der Waals surface area (Å²) in [4.78, 5) is 13.6. The van der Waals surface area contributed by atoms with Crippen LogP contribution in [-0.4, -0.2) is 50.2 Å². The van der Waals surface area contributed by atoms with Crippen LogP contribution in [0.2, 0.25) is 0 Å². The highest BCUT2D eigenvalue weighted by atomic mass is 16.5. The van der Waals surface area contributed by atoms with Gasteiger partial charge in [0, 0.05) is 32.5 Å². The molecule has 0 aromatic heterocycles. The molecule has 4 heteroatoms. The zero-order chi connectivity index (χ0) is 11.6. The molecule has 1 heterocycles. The third-order valence-corrected chi connectivity index (χ3v) is 2.55. The van der Waals surface area contributed by atoms with Gasteiger partial charge >= 0.3 is 0 Å². The first-order valence-corrected chi connectivity index (χ1v) is 5.84. The Balaban J connectivity index is 1.99. The topological polar surface area (TPSA) is 41.6 Å². The number of terminal acetylenes is 1. The Kier molecular flexibility index (Phi) is 6.62. The quantitative estimate of drug-likeness (QED) is 0.519. The Hall–Kier alpha value is -1.05. The normalized spacial score (nSPS) is 15.8. The second kappa shape index (κ2) is 8.14. The van der Waals surface area contributed by atoms with E-state index in [2.05, 4.69) is 11.2 Å². The number of ether oxygens (including phenoxy) is 1. The number of unbranched alkanes of at least 4 members (excludes halogenated alkanes) is 1. The fourth-order valence-electron chi connectivity index (χ4n) is 1.61. The molecule has 0 aromatic rings. The minimum absolute atomic E-state index is 0.216. The number of hydrogen-bond acceptors (Lipinski definition) is 3. The lowest BCUT2D eigenvalue weighted by molar-refractivity contribution is -0.135. The first-order valence-electron chi connectivity index (χ1n) is 5.84. The van der Waals surface area contributed by atoms with Gasteiger partial charge in [0.25, 0.3) is 0 Å². The molecule has 0 spiro atoms. The predicted octanol–water partition coefficient (Wildman–Crippen LogP) is 0.238. The molecular formula is C12H20N2O2. The van der Waals surface area contributed by atoms with E-state index >= 15 is 0 Å². The van der Waals surface area contributed by atoms with Crippen molar-refractivity contribution in [3.63, 3.8) is 0 Å². The lowest BCUT2D eigenvalue weighted by Crippen LogP contribution is -2.41. The summed E-state index contributed by atoms with van der Waals surface area (Å²) in [5.74, 6) is 2.81. The summed E-state index contributed by atoms with van der Waals surface area (Å²) in [6.45, 7) is 4.43. The molecule has 0 radical (unpaired) electrons. The summed E-state index contributed by atoms with van der Waals surface area (Å²) < 4.78 is 5.19. The van der Waals surface area contributed by atoms with Gasteiger partial charge in [-0.1, -0.05) is 0 Å². The van der Waals surface area contributed by atoms with Gasteiger partial charge in [0.2, 0.25) is 5.91 Å². The van der Waals surface area contributed by atoms with Crippen LogP contribution in [0.1, 0.15) is 19.3 Å². The summed E-state index contributed by atoms with van der Waals surface area (Å²) in [5, 5.41) is 3.22. The highest BCUT2D eigenvalue weighted by Gasteiger charge is 2.15. The number of carbonyl (C=O) groups is 1. The molecule has 0 saturated carbocycles.